The van der Waals surface area contributed by atoms with Gasteiger partial charge in [0.1, 0.15) is 11.9 Å². The van der Waals surface area contributed by atoms with Gasteiger partial charge < -0.3 is 24.5 Å². The summed E-state index contributed by atoms with van der Waals surface area (Å²) in [6.45, 7) is 10.3. The lowest BCUT2D eigenvalue weighted by molar-refractivity contribution is -0.140. The fourth-order valence-electron chi connectivity index (χ4n) is 6.70. The maximum absolute atomic E-state index is 14.1. The minimum atomic E-state index is -4.84. The number of carbonyl (C=O) groups excluding carboxylic acids is 1. The van der Waals surface area contributed by atoms with Crippen LogP contribution < -0.4 is 25.9 Å². The van der Waals surface area contributed by atoms with Gasteiger partial charge in [0.15, 0.2) is 5.69 Å². The molecule has 2 aliphatic rings. The van der Waals surface area contributed by atoms with E-state index in [1.165, 1.54) is 11.0 Å². The number of nitrogens with zero attached hydrogens (tertiary/aromatic N) is 6. The molecule has 0 spiro atoms. The van der Waals surface area contributed by atoms with E-state index in [1.807, 2.05) is 43.3 Å². The number of alkyl halides is 3. The van der Waals surface area contributed by atoms with Crippen LogP contribution in [0.4, 0.5) is 35.7 Å². The maximum Gasteiger partial charge on any atom is 0.434 e. The van der Waals surface area contributed by atoms with Crippen molar-refractivity contribution < 1.29 is 31.9 Å². The third-order valence-electron chi connectivity index (χ3n) is 9.13. The van der Waals surface area contributed by atoms with Crippen molar-refractivity contribution in [2.75, 3.05) is 48.4 Å². The molecule has 6 rings (SSSR count). The van der Waals surface area contributed by atoms with Crippen LogP contribution in [0.1, 0.15) is 39.8 Å². The Bertz CT molecular complexity index is 1770. The van der Waals surface area contributed by atoms with Crippen LogP contribution in [0.3, 0.4) is 0 Å². The number of anilines is 3. The Labute approximate surface area is 289 Å². The van der Waals surface area contributed by atoms with E-state index in [4.69, 9.17) is 19.6 Å². The summed E-state index contributed by atoms with van der Waals surface area (Å²) in [6, 6.07) is 21.3. The van der Waals surface area contributed by atoms with Gasteiger partial charge in [-0.05, 0) is 22.3 Å². The lowest BCUT2D eigenvalue weighted by Gasteiger charge is -2.43. The van der Waals surface area contributed by atoms with Crippen LogP contribution in [0.2, 0.25) is 5.04 Å². The molecular formula is C35H40F3N7O4Si. The van der Waals surface area contributed by atoms with Crippen LogP contribution in [0.25, 0.3) is 11.3 Å². The van der Waals surface area contributed by atoms with Crippen LogP contribution in [0.5, 0.6) is 0 Å². The molecule has 0 unspecified atom stereocenters. The quantitative estimate of drug-likeness (QED) is 0.236. The molecule has 2 aromatic heterocycles. The highest BCUT2D eigenvalue weighted by molar-refractivity contribution is 6.99. The Morgan fingerprint density at radius 1 is 0.960 bits per heavy atom. The monoisotopic (exact) mass is 707 g/mol. The molecule has 1 amide bonds. The smallest absolute Gasteiger partial charge is 0.434 e. The number of hydrogen-bond acceptors (Lipinski definition) is 10. The summed E-state index contributed by atoms with van der Waals surface area (Å²) in [5.41, 5.74) is 3.80. The number of aromatic nitrogens is 4. The Morgan fingerprint density at radius 2 is 1.58 bits per heavy atom. The molecule has 4 aromatic rings. The van der Waals surface area contributed by atoms with Crippen molar-refractivity contribution in [1.29, 1.82) is 0 Å². The summed E-state index contributed by atoms with van der Waals surface area (Å²) in [5, 5.41) is 2.02. The molecule has 2 aliphatic heterocycles. The Balaban J connectivity index is 1.31. The summed E-state index contributed by atoms with van der Waals surface area (Å²) < 4.78 is 60.8. The number of hydrogen-bond donors (Lipinski definition) is 1. The zero-order chi connectivity index (χ0) is 35.7. The van der Waals surface area contributed by atoms with Crippen LogP contribution >= 0.6 is 0 Å². The first-order chi connectivity index (χ1) is 23.8. The third-order valence-corrected chi connectivity index (χ3v) is 14.2. The summed E-state index contributed by atoms with van der Waals surface area (Å²) in [7, 11) is -2.84. The number of benzene rings is 2. The summed E-state index contributed by atoms with van der Waals surface area (Å²) in [4.78, 5) is 33.1. The Morgan fingerprint density at radius 3 is 2.16 bits per heavy atom. The third kappa shape index (κ3) is 6.89. The number of rotatable bonds is 9. The van der Waals surface area contributed by atoms with Crippen LogP contribution in [0, 0.1) is 0 Å². The highest BCUT2D eigenvalue weighted by atomic mass is 28.4. The first-order valence-corrected chi connectivity index (χ1v) is 18.4. The van der Waals surface area contributed by atoms with E-state index < -0.39 is 44.4 Å². The van der Waals surface area contributed by atoms with Crippen LogP contribution in [0.15, 0.2) is 72.9 Å². The summed E-state index contributed by atoms with van der Waals surface area (Å²) in [5.74, 6) is -0.290. The van der Waals surface area contributed by atoms with E-state index in [2.05, 4.69) is 65.0 Å². The molecule has 0 radical (unpaired) electrons. The number of halogens is 3. The first kappa shape index (κ1) is 35.2. The van der Waals surface area contributed by atoms with Gasteiger partial charge in [-0.2, -0.15) is 18.2 Å². The minimum Gasteiger partial charge on any atom is -0.444 e. The standard InChI is InChI=1S/C35H40F3N7O4Si/c1-23-28(15-18-48-50(34(2,3)4,24-11-7-5-8-12-24)25-13-9-6-10-14-25)49-33(46)45(23)29-21-27(41-32(42-29)44-16-19-47-20-17-44)26-22-40-31(39)43-30(26)35(36,37)38/h5-14,21-23,28H,15-20H2,1-4H3,(H2,39,40,43)/t23-,28+/m0/s1. The highest BCUT2D eigenvalue weighted by Crippen LogP contribution is 2.39. The van der Waals surface area contributed by atoms with E-state index in [0.29, 0.717) is 39.3 Å². The van der Waals surface area contributed by atoms with Crippen molar-refractivity contribution in [3.8, 4) is 11.3 Å². The van der Waals surface area contributed by atoms with Gasteiger partial charge in [-0.1, -0.05) is 81.4 Å². The van der Waals surface area contributed by atoms with Crippen LogP contribution in [-0.2, 0) is 20.1 Å². The fraction of sp³-hybridized carbons (Fsp3) is 0.400. The van der Waals surface area contributed by atoms with E-state index in [9.17, 15) is 18.0 Å². The van der Waals surface area contributed by atoms with Gasteiger partial charge in [-0.25, -0.2) is 19.7 Å². The SMILES string of the molecule is C[C@H]1[C@@H](CCO[Si](c2ccccc2)(c2ccccc2)C(C)(C)C)OC(=O)N1c1cc(-c2cnc(N)nc2C(F)(F)F)nc(N2CCOCC2)n1. The first-order valence-electron chi connectivity index (χ1n) is 16.5. The zero-order valence-electron chi connectivity index (χ0n) is 28.4. The number of cyclic esters (lactones) is 1. The Hall–Kier alpha value is -4.60. The lowest BCUT2D eigenvalue weighted by Crippen LogP contribution is -2.66. The molecule has 2 saturated heterocycles. The molecular weight excluding hydrogens is 668 g/mol. The van der Waals surface area contributed by atoms with E-state index >= 15 is 0 Å². The molecule has 2 atom stereocenters. The summed E-state index contributed by atoms with van der Waals surface area (Å²) >= 11 is 0. The second-order valence-corrected chi connectivity index (χ2v) is 17.6. The second-order valence-electron chi connectivity index (χ2n) is 13.3. The molecule has 4 heterocycles. The van der Waals surface area contributed by atoms with Gasteiger partial charge in [-0.3, -0.25) is 4.90 Å². The molecule has 2 aromatic carbocycles. The molecule has 15 heteroatoms. The molecule has 2 fully saturated rings. The van der Waals surface area contributed by atoms with E-state index in [1.54, 1.807) is 4.90 Å². The average molecular weight is 708 g/mol. The molecule has 0 aliphatic carbocycles. The van der Waals surface area contributed by atoms with E-state index in [-0.39, 0.29) is 28.1 Å². The zero-order valence-corrected chi connectivity index (χ0v) is 29.4. The largest absolute Gasteiger partial charge is 0.444 e. The second kappa shape index (κ2) is 14.0. The molecule has 0 saturated carbocycles. The maximum atomic E-state index is 14.1. The van der Waals surface area contributed by atoms with Gasteiger partial charge in [-0.15, -0.1) is 0 Å². The van der Waals surface area contributed by atoms with Crippen LogP contribution in [-0.4, -0.2) is 79.4 Å². The molecule has 11 nitrogen and oxygen atoms in total. The number of morpholine rings is 1. The predicted molar refractivity (Wildman–Crippen MR) is 186 cm³/mol. The molecule has 2 N–H and O–H groups in total. The average Bonchev–Trinajstić information content (AvgIpc) is 3.38. The fourth-order valence-corrected chi connectivity index (χ4v) is 11.3. The number of carbonyl (C=O) groups is 1. The topological polar surface area (TPSA) is 129 Å². The van der Waals surface area contributed by atoms with E-state index in [0.717, 1.165) is 16.6 Å². The number of ether oxygens (including phenoxy) is 2. The van der Waals surface area contributed by atoms with Crippen molar-refractivity contribution in [1.82, 2.24) is 19.9 Å². The van der Waals surface area contributed by atoms with Crippen molar-refractivity contribution >= 4 is 42.5 Å². The molecule has 50 heavy (non-hydrogen) atoms. The van der Waals surface area contributed by atoms with Crippen molar-refractivity contribution in [3.05, 3.63) is 78.6 Å². The number of nitrogens with two attached hydrogens (primary N) is 1. The lowest BCUT2D eigenvalue weighted by atomic mass is 10.1. The Kier molecular flexibility index (Phi) is 9.84. The van der Waals surface area contributed by atoms with Gasteiger partial charge in [0.2, 0.25) is 11.9 Å². The van der Waals surface area contributed by atoms with Crippen molar-refractivity contribution in [2.45, 2.75) is 57.5 Å². The molecule has 0 bridgehead atoms. The highest BCUT2D eigenvalue weighted by Gasteiger charge is 2.50. The van der Waals surface area contributed by atoms with Crippen molar-refractivity contribution in [2.24, 2.45) is 0 Å². The predicted octanol–water partition coefficient (Wildman–Crippen LogP) is 5.05. The van der Waals surface area contributed by atoms with Crippen molar-refractivity contribution in [3.63, 3.8) is 0 Å². The number of nitrogen functional groups attached to an aromatic ring is 1. The summed E-state index contributed by atoms with van der Waals surface area (Å²) in [6.07, 6.45) is -4.73. The minimum absolute atomic E-state index is 0.0920. The normalized spacial score (nSPS) is 18.7. The van der Waals surface area contributed by atoms with Gasteiger partial charge >= 0.3 is 12.3 Å². The van der Waals surface area contributed by atoms with Gasteiger partial charge in [0.25, 0.3) is 8.32 Å². The molecule has 264 valence electrons. The van der Waals surface area contributed by atoms with Gasteiger partial charge in [0, 0.05) is 43.9 Å². The number of amides is 1. The van der Waals surface area contributed by atoms with Gasteiger partial charge in [0.05, 0.1) is 24.9 Å².